The van der Waals surface area contributed by atoms with Gasteiger partial charge in [0.2, 0.25) is 0 Å². The summed E-state index contributed by atoms with van der Waals surface area (Å²) in [5, 5.41) is 9.53. The van der Waals surface area contributed by atoms with Crippen molar-refractivity contribution in [3.8, 4) is 0 Å². The fourth-order valence-corrected chi connectivity index (χ4v) is 24.4. The summed E-state index contributed by atoms with van der Waals surface area (Å²) >= 11 is -5.94. The number of halogens is 5. The van der Waals surface area contributed by atoms with E-state index in [1.54, 1.807) is 5.11 Å². The van der Waals surface area contributed by atoms with E-state index in [2.05, 4.69) is 263 Å². The normalized spacial score (nSPS) is 15.2. The molecule has 9 aromatic carbocycles. The second-order valence-electron chi connectivity index (χ2n) is 36.9. The molecule has 0 N–H and O–H groups in total. The van der Waals surface area contributed by atoms with Crippen LogP contribution in [0, 0.1) is 29.1 Å². The summed E-state index contributed by atoms with van der Waals surface area (Å²) in [6, 6.07) is 34.9. The summed E-state index contributed by atoms with van der Waals surface area (Å²) in [6.45, 7) is 52.7. The van der Waals surface area contributed by atoms with Gasteiger partial charge in [0, 0.05) is 0 Å². The van der Waals surface area contributed by atoms with E-state index >= 15 is 22.0 Å². The molecule has 4 aliphatic heterocycles. The minimum atomic E-state index is -5.94. The summed E-state index contributed by atoms with van der Waals surface area (Å²) in [7, 11) is 0. The average molecular weight is 1440 g/mol. The van der Waals surface area contributed by atoms with Crippen molar-refractivity contribution >= 4 is 125 Å². The quantitative estimate of drug-likeness (QED) is 0.0891. The Morgan fingerprint density at radius 1 is 0.250 bits per heavy atom. The van der Waals surface area contributed by atoms with Crippen LogP contribution < -0.4 is 14.3 Å². The van der Waals surface area contributed by atoms with Crippen molar-refractivity contribution in [2.24, 2.45) is 30.0 Å². The number of fused-ring (bicyclic) bond motifs is 18. The second-order valence-corrected chi connectivity index (χ2v) is 43.7. The van der Waals surface area contributed by atoms with E-state index in [-0.39, 0.29) is 78.4 Å². The number of aliphatic imine (C=N–C) groups is 4. The van der Waals surface area contributed by atoms with Gasteiger partial charge in [-0.25, -0.2) is 0 Å². The maximum absolute atomic E-state index is 18.5. The molecule has 11 aromatic rings. The van der Waals surface area contributed by atoms with Gasteiger partial charge in [0.1, 0.15) is 0 Å². The van der Waals surface area contributed by atoms with Crippen LogP contribution in [0.15, 0.2) is 127 Å². The Labute approximate surface area is 591 Å². The molecule has 2 aromatic heterocycles. The molecule has 15 rings (SSSR count). The topological polar surface area (TPSA) is 84.0 Å². The van der Waals surface area contributed by atoms with E-state index in [1.165, 1.54) is 0 Å². The van der Waals surface area contributed by atoms with Gasteiger partial charge in [0.25, 0.3) is 0 Å². The van der Waals surface area contributed by atoms with E-state index in [4.69, 9.17) is 30.0 Å². The number of hydrogen-bond donors (Lipinski definition) is 0. The molecule has 0 saturated heterocycles. The van der Waals surface area contributed by atoms with Gasteiger partial charge in [-0.3, -0.25) is 0 Å². The van der Waals surface area contributed by atoms with Gasteiger partial charge in [-0.15, -0.1) is 0 Å². The Hall–Kier alpha value is -8.10. The summed E-state index contributed by atoms with van der Waals surface area (Å²) in [6.07, 6.45) is 0. The Balaban J connectivity index is 1.25. The number of aromatic nitrogens is 2. The molecule has 6 heterocycles. The molecule has 100 heavy (non-hydrogen) atoms. The number of nitrogens with zero attached hydrogens (tertiary/aromatic N) is 8. The van der Waals surface area contributed by atoms with Crippen LogP contribution in [0.25, 0.3) is 64.6 Å². The molecule has 8 nitrogen and oxygen atoms in total. The minimum absolute atomic E-state index is 0.183. The molecule has 0 spiro atoms. The molecular weight excluding hydrogens is 1350 g/mol. The maximum atomic E-state index is 18.5. The molecule has 0 saturated carbocycles. The molecule has 0 radical (unpaired) electrons. The van der Waals surface area contributed by atoms with Crippen molar-refractivity contribution in [2.75, 3.05) is 0 Å². The summed E-state index contributed by atoms with van der Waals surface area (Å²) < 4.78 is 90.0. The van der Waals surface area contributed by atoms with Crippen LogP contribution in [0.4, 0.5) is 33.6 Å². The Morgan fingerprint density at radius 3 is 0.860 bits per heavy atom. The SMILES string of the molecule is CC(C)(C)c1cc(C(C)(C)C)c2cc3c(cc2c1)C1=Nc2c4cc5c(C(C)(C)C)cc(C(C)(C)C)cc5cc4c4[n]2[In]([c]2c(F)c(F)c(F)c(F)c2F)[n]2c(c5cc6cc(C(C)(C)C)cc(C(C)(C)C)c6cc5c2=NC2=NC(=N4)c4cc5c(C(C)(C)C)cc(C(C)(C)C)cc5cc42)=NC3=N1. The third-order valence-corrected chi connectivity index (χ3v) is 29.7. The molecule has 6 bridgehead atoms. The third kappa shape index (κ3) is 10.5. The summed E-state index contributed by atoms with van der Waals surface area (Å²) in [4.78, 5) is 34.3. The molecule has 510 valence electrons. The fourth-order valence-electron chi connectivity index (χ4n) is 15.4. The predicted octanol–water partition coefficient (Wildman–Crippen LogP) is 21.0. The zero-order chi connectivity index (χ0) is 72.2. The first-order chi connectivity index (χ1) is 46.2. The first-order valence-electron chi connectivity index (χ1n) is 35.1. The van der Waals surface area contributed by atoms with Gasteiger partial charge in [0.15, 0.2) is 0 Å². The van der Waals surface area contributed by atoms with Crippen LogP contribution in [-0.2, 0) is 43.3 Å². The molecule has 0 unspecified atom stereocenters. The predicted molar refractivity (Wildman–Crippen MR) is 407 cm³/mol. The van der Waals surface area contributed by atoms with Gasteiger partial charge in [0.05, 0.1) is 0 Å². The van der Waals surface area contributed by atoms with Crippen LogP contribution in [-0.4, -0.2) is 50.5 Å². The number of benzene rings is 9. The molecule has 0 amide bonds. The van der Waals surface area contributed by atoms with Crippen molar-refractivity contribution in [1.82, 2.24) is 5.11 Å². The van der Waals surface area contributed by atoms with Gasteiger partial charge < -0.3 is 0 Å². The van der Waals surface area contributed by atoms with Gasteiger partial charge in [-0.05, 0) is 0 Å². The van der Waals surface area contributed by atoms with Crippen molar-refractivity contribution in [3.63, 3.8) is 0 Å². The van der Waals surface area contributed by atoms with E-state index < -0.39 is 65.2 Å². The van der Waals surface area contributed by atoms with E-state index in [0.29, 0.717) is 43.8 Å². The van der Waals surface area contributed by atoms with Crippen LogP contribution in [0.3, 0.4) is 0 Å². The van der Waals surface area contributed by atoms with Crippen LogP contribution in [0.5, 0.6) is 0 Å². The molecule has 0 atom stereocenters. The van der Waals surface area contributed by atoms with E-state index in [1.807, 2.05) is 0 Å². The van der Waals surface area contributed by atoms with E-state index in [9.17, 15) is 0 Å². The second kappa shape index (κ2) is 21.5. The first kappa shape index (κ1) is 67.7. The van der Waals surface area contributed by atoms with Crippen molar-refractivity contribution in [1.29, 1.82) is 0 Å². The van der Waals surface area contributed by atoms with Crippen molar-refractivity contribution in [2.45, 2.75) is 209 Å². The molecular formula is C86H88F5InN8. The molecule has 4 aliphatic rings. The van der Waals surface area contributed by atoms with Crippen molar-refractivity contribution < 1.29 is 22.0 Å². The van der Waals surface area contributed by atoms with Gasteiger partial charge in [-0.2, -0.15) is 0 Å². The van der Waals surface area contributed by atoms with Crippen LogP contribution in [0.2, 0.25) is 0 Å². The van der Waals surface area contributed by atoms with Gasteiger partial charge in [-0.1, -0.05) is 0 Å². The van der Waals surface area contributed by atoms with Crippen LogP contribution >= 0.6 is 0 Å². The average Bonchev–Trinajstić information content (AvgIpc) is 1.53. The Morgan fingerprint density at radius 2 is 0.520 bits per heavy atom. The van der Waals surface area contributed by atoms with E-state index in [0.717, 1.165) is 87.6 Å². The summed E-state index contributed by atoms with van der Waals surface area (Å²) in [5.41, 5.74) is 9.16. The van der Waals surface area contributed by atoms with Crippen molar-refractivity contribution in [3.05, 3.63) is 204 Å². The molecule has 0 aliphatic carbocycles. The Bertz CT molecular complexity index is 5830. The molecule has 14 heteroatoms. The third-order valence-electron chi connectivity index (χ3n) is 21.2. The Kier molecular flexibility index (Phi) is 14.5. The standard InChI is InChI=1S/C80H88N8.C6F5.In/c1-73(2,3)45-25-41-29-53-57(37-49(41)61(33-45)77(13,14)15)69-81-65(53)85-70-58-38-50-42(26-46(74(4,5)6)34-62(50)78(16,17)18)30-54(58)67(82-70)87-72-60-40-52-44(28-48(76(10,11)12)36-64(52)80(22,23)24)32-56(60)68(84-72)88-71-59-39-51-43(31-55(59)66(83-71)86-69)27-47(75(7,8)9)35-63(51)79(19,20)21;7-2-1-3(8)5(10)6(11)4(2)9;/h25-40H,1-24H3;;/q-2;;+2. The fraction of sp³-hybridized carbons (Fsp3) is 0.372. The summed E-state index contributed by atoms with van der Waals surface area (Å²) in [5.74, 6) is -8.88. The number of rotatable bonds is 1. The number of amidine groups is 4. The number of hydrogen-bond acceptors (Lipinski definition) is 6. The first-order valence-corrected chi connectivity index (χ1v) is 39.7. The zero-order valence-electron chi connectivity index (χ0n) is 62.3. The van der Waals surface area contributed by atoms with Crippen LogP contribution in [0.1, 0.15) is 233 Å². The zero-order valence-corrected chi connectivity index (χ0v) is 65.6. The molecule has 0 fully saturated rings. The monoisotopic (exact) mass is 1440 g/mol. The van der Waals surface area contributed by atoms with Gasteiger partial charge >= 0.3 is 595 Å².